The van der Waals surface area contributed by atoms with Crippen LogP contribution in [0.25, 0.3) is 5.65 Å². The van der Waals surface area contributed by atoms with Crippen LogP contribution in [0, 0.1) is 12.7 Å². The molecule has 1 atom stereocenters. The first-order valence-electron chi connectivity index (χ1n) is 8.86. The smallest absolute Gasteiger partial charge is 0.276 e. The maximum atomic E-state index is 13.6. The molecule has 3 heterocycles. The highest BCUT2D eigenvalue weighted by Crippen LogP contribution is 2.23. The number of halogens is 1. The molecular formula is C19H20FN5O2. The van der Waals surface area contributed by atoms with E-state index in [4.69, 9.17) is 0 Å². The standard InChI is InChI=1S/C19H20FN5O2/c1-12-15(19(27)25-17(23-12)5-6-22-25)10-18(26)24-8-7-21-11-16(24)13-3-2-4-14(20)9-13/h2-6,9,16,21-22H,7-8,10-11H2,1H3. The first-order chi connectivity index (χ1) is 13.0. The number of aromatic amines is 1. The van der Waals surface area contributed by atoms with E-state index in [9.17, 15) is 14.0 Å². The van der Waals surface area contributed by atoms with E-state index in [0.717, 1.165) is 5.56 Å². The van der Waals surface area contributed by atoms with Gasteiger partial charge in [-0.2, -0.15) is 0 Å². The zero-order valence-electron chi connectivity index (χ0n) is 14.9. The van der Waals surface area contributed by atoms with Gasteiger partial charge in [-0.05, 0) is 24.6 Å². The number of hydrogen-bond donors (Lipinski definition) is 2. The second kappa shape index (κ2) is 6.96. The Hall–Kier alpha value is -3.00. The van der Waals surface area contributed by atoms with Crippen LogP contribution in [0.15, 0.2) is 41.3 Å². The van der Waals surface area contributed by atoms with E-state index < -0.39 is 0 Å². The molecular weight excluding hydrogens is 349 g/mol. The number of hydrogen-bond acceptors (Lipinski definition) is 4. The Balaban J connectivity index is 1.64. The Morgan fingerprint density at radius 2 is 2.22 bits per heavy atom. The van der Waals surface area contributed by atoms with E-state index in [2.05, 4.69) is 15.4 Å². The second-order valence-corrected chi connectivity index (χ2v) is 6.68. The minimum Gasteiger partial charge on any atom is -0.333 e. The molecule has 1 saturated heterocycles. The Kier molecular flexibility index (Phi) is 4.49. The third-order valence-corrected chi connectivity index (χ3v) is 4.97. The molecule has 27 heavy (non-hydrogen) atoms. The summed E-state index contributed by atoms with van der Waals surface area (Å²) >= 11 is 0. The highest BCUT2D eigenvalue weighted by molar-refractivity contribution is 5.79. The average Bonchev–Trinajstić information content (AvgIpc) is 3.13. The largest absolute Gasteiger partial charge is 0.333 e. The summed E-state index contributed by atoms with van der Waals surface area (Å²) in [4.78, 5) is 31.8. The third-order valence-electron chi connectivity index (χ3n) is 4.97. The minimum absolute atomic E-state index is 0.0363. The molecule has 2 N–H and O–H groups in total. The molecule has 1 aliphatic rings. The molecule has 3 aromatic rings. The van der Waals surface area contributed by atoms with Crippen LogP contribution >= 0.6 is 0 Å². The molecule has 0 radical (unpaired) electrons. The van der Waals surface area contributed by atoms with Crippen molar-refractivity contribution in [2.75, 3.05) is 19.6 Å². The minimum atomic E-state index is -0.332. The van der Waals surface area contributed by atoms with Gasteiger partial charge in [0.25, 0.3) is 5.56 Å². The zero-order chi connectivity index (χ0) is 19.0. The summed E-state index contributed by atoms with van der Waals surface area (Å²) in [6.45, 7) is 3.43. The van der Waals surface area contributed by atoms with Crippen molar-refractivity contribution >= 4 is 11.6 Å². The van der Waals surface area contributed by atoms with Gasteiger partial charge in [0, 0.05) is 43.2 Å². The van der Waals surface area contributed by atoms with Gasteiger partial charge in [-0.3, -0.25) is 14.7 Å². The SMILES string of the molecule is Cc1nc2cc[nH]n2c(=O)c1CC(=O)N1CCNCC1c1cccc(F)c1. The first-order valence-corrected chi connectivity index (χ1v) is 8.86. The van der Waals surface area contributed by atoms with Crippen LogP contribution in [0.4, 0.5) is 4.39 Å². The number of nitrogens with one attached hydrogen (secondary N) is 2. The van der Waals surface area contributed by atoms with Crippen LogP contribution < -0.4 is 10.9 Å². The van der Waals surface area contributed by atoms with Crippen LogP contribution in [-0.2, 0) is 11.2 Å². The molecule has 7 nitrogen and oxygen atoms in total. The normalized spacial score (nSPS) is 17.4. The topological polar surface area (TPSA) is 82.5 Å². The average molecular weight is 369 g/mol. The second-order valence-electron chi connectivity index (χ2n) is 6.68. The molecule has 1 amide bonds. The molecule has 4 rings (SSSR count). The van der Waals surface area contributed by atoms with E-state index >= 15 is 0 Å². The number of carbonyl (C=O) groups is 1. The predicted octanol–water partition coefficient (Wildman–Crippen LogP) is 1.19. The van der Waals surface area contributed by atoms with Gasteiger partial charge in [-0.1, -0.05) is 12.1 Å². The first kappa shape index (κ1) is 17.4. The summed E-state index contributed by atoms with van der Waals surface area (Å²) in [6, 6.07) is 7.72. The van der Waals surface area contributed by atoms with Crippen molar-refractivity contribution in [1.82, 2.24) is 24.8 Å². The molecule has 0 bridgehead atoms. The lowest BCUT2D eigenvalue weighted by Crippen LogP contribution is -2.49. The van der Waals surface area contributed by atoms with Crippen molar-refractivity contribution in [3.63, 3.8) is 0 Å². The van der Waals surface area contributed by atoms with Crippen molar-refractivity contribution in [1.29, 1.82) is 0 Å². The lowest BCUT2D eigenvalue weighted by molar-refractivity contribution is -0.133. The molecule has 1 aromatic carbocycles. The zero-order valence-corrected chi connectivity index (χ0v) is 14.9. The van der Waals surface area contributed by atoms with Crippen molar-refractivity contribution in [3.05, 3.63) is 69.5 Å². The van der Waals surface area contributed by atoms with Crippen LogP contribution in [0.3, 0.4) is 0 Å². The highest BCUT2D eigenvalue weighted by atomic mass is 19.1. The fourth-order valence-corrected chi connectivity index (χ4v) is 3.58. The third kappa shape index (κ3) is 3.23. The number of carbonyl (C=O) groups excluding carboxylic acids is 1. The lowest BCUT2D eigenvalue weighted by Gasteiger charge is -2.36. The summed E-state index contributed by atoms with van der Waals surface area (Å²) in [5.41, 5.74) is 1.91. The van der Waals surface area contributed by atoms with Gasteiger partial charge in [0.15, 0.2) is 5.65 Å². The number of fused-ring (bicyclic) bond motifs is 1. The Morgan fingerprint density at radius 1 is 1.37 bits per heavy atom. The number of aryl methyl sites for hydroxylation is 1. The van der Waals surface area contributed by atoms with Crippen molar-refractivity contribution in [3.8, 4) is 0 Å². The molecule has 1 aliphatic heterocycles. The van der Waals surface area contributed by atoms with Gasteiger partial charge >= 0.3 is 0 Å². The van der Waals surface area contributed by atoms with E-state index in [1.807, 2.05) is 6.07 Å². The molecule has 0 saturated carbocycles. The number of aromatic nitrogens is 3. The summed E-state index contributed by atoms with van der Waals surface area (Å²) in [5, 5.41) is 6.06. The van der Waals surface area contributed by atoms with E-state index in [1.54, 1.807) is 30.2 Å². The van der Waals surface area contributed by atoms with Crippen molar-refractivity contribution in [2.45, 2.75) is 19.4 Å². The predicted molar refractivity (Wildman–Crippen MR) is 98.0 cm³/mol. The lowest BCUT2D eigenvalue weighted by atomic mass is 10.0. The Labute approximate surface area is 154 Å². The summed E-state index contributed by atoms with van der Waals surface area (Å²) < 4.78 is 15.0. The Morgan fingerprint density at radius 3 is 3.04 bits per heavy atom. The summed E-state index contributed by atoms with van der Waals surface area (Å²) in [6.07, 6.45) is 1.59. The number of H-pyrrole nitrogens is 1. The van der Waals surface area contributed by atoms with E-state index in [1.165, 1.54) is 16.6 Å². The maximum Gasteiger partial charge on any atom is 0.276 e. The quantitative estimate of drug-likeness (QED) is 0.727. The molecule has 8 heteroatoms. The molecule has 0 spiro atoms. The molecule has 0 aliphatic carbocycles. The monoisotopic (exact) mass is 369 g/mol. The highest BCUT2D eigenvalue weighted by Gasteiger charge is 2.29. The van der Waals surface area contributed by atoms with Crippen LogP contribution in [-0.4, -0.2) is 45.0 Å². The van der Waals surface area contributed by atoms with Gasteiger partial charge in [0.05, 0.1) is 12.5 Å². The van der Waals surface area contributed by atoms with Gasteiger partial charge in [-0.25, -0.2) is 13.9 Å². The number of benzene rings is 1. The Bertz CT molecular complexity index is 1060. The van der Waals surface area contributed by atoms with Gasteiger partial charge < -0.3 is 10.2 Å². The number of nitrogens with zero attached hydrogens (tertiary/aromatic N) is 3. The van der Waals surface area contributed by atoms with E-state index in [0.29, 0.717) is 36.5 Å². The van der Waals surface area contributed by atoms with Crippen molar-refractivity contribution < 1.29 is 9.18 Å². The number of piperazine rings is 1. The van der Waals surface area contributed by atoms with Gasteiger partial charge in [0.1, 0.15) is 5.82 Å². The fraction of sp³-hybridized carbons (Fsp3) is 0.316. The summed E-state index contributed by atoms with van der Waals surface area (Å²) in [7, 11) is 0. The van der Waals surface area contributed by atoms with Crippen LogP contribution in [0.5, 0.6) is 0 Å². The van der Waals surface area contributed by atoms with Crippen molar-refractivity contribution in [2.24, 2.45) is 0 Å². The van der Waals surface area contributed by atoms with Crippen LogP contribution in [0.2, 0.25) is 0 Å². The van der Waals surface area contributed by atoms with Gasteiger partial charge in [-0.15, -0.1) is 0 Å². The van der Waals surface area contributed by atoms with E-state index in [-0.39, 0.29) is 29.7 Å². The fourth-order valence-electron chi connectivity index (χ4n) is 3.58. The molecule has 2 aromatic heterocycles. The maximum absolute atomic E-state index is 13.6. The number of rotatable bonds is 3. The molecule has 1 unspecified atom stereocenters. The van der Waals surface area contributed by atoms with Gasteiger partial charge in [0.2, 0.25) is 5.91 Å². The van der Waals surface area contributed by atoms with Crippen LogP contribution in [0.1, 0.15) is 22.9 Å². The molecule has 140 valence electrons. The molecule has 1 fully saturated rings. The number of amides is 1. The summed E-state index contributed by atoms with van der Waals surface area (Å²) in [5.74, 6) is -0.500.